The number of β-amino-alcohol motifs (C(OH)–C–C–N with tert-alkyl or cyclic N) is 1. The number of aromatic nitrogens is 1. The van der Waals surface area contributed by atoms with Crippen molar-refractivity contribution in [3.8, 4) is 16.2 Å². The molecule has 9 atom stereocenters. The molecule has 1 aromatic heterocycles. The second kappa shape index (κ2) is 25.4. The number of rotatable bonds is 27. The molecule has 1 aliphatic heterocycles. The fourth-order valence-corrected chi connectivity index (χ4v) is 13.0. The summed E-state index contributed by atoms with van der Waals surface area (Å²) >= 11 is 1.60. The van der Waals surface area contributed by atoms with Crippen molar-refractivity contribution < 1.29 is 53.4 Å². The van der Waals surface area contributed by atoms with Crippen LogP contribution in [0.3, 0.4) is 0 Å². The van der Waals surface area contributed by atoms with Crippen LogP contribution in [0, 0.1) is 41.4 Å². The van der Waals surface area contributed by atoms with Crippen LogP contribution in [-0.4, -0.2) is 134 Å². The van der Waals surface area contributed by atoms with Gasteiger partial charge in [-0.3, -0.25) is 14.4 Å². The normalized spacial score (nSPS) is 25.6. The Bertz CT molecular complexity index is 2160. The van der Waals surface area contributed by atoms with Crippen molar-refractivity contribution in [2.24, 2.45) is 34.5 Å². The molecule has 2 aromatic carbocycles. The number of benzene rings is 2. The van der Waals surface area contributed by atoms with Gasteiger partial charge in [-0.25, -0.2) is 4.98 Å². The molecule has 3 aliphatic carbocycles. The van der Waals surface area contributed by atoms with Gasteiger partial charge in [-0.05, 0) is 127 Å². The van der Waals surface area contributed by atoms with Crippen LogP contribution < -0.4 is 0 Å². The third kappa shape index (κ3) is 13.9. The lowest BCUT2D eigenvalue weighted by Gasteiger charge is -2.53. The fraction of sp³-hybridized carbons (Fsp3) is 0.679. The molecule has 13 nitrogen and oxygen atoms in total. The number of ether oxygens (including phenoxy) is 5. The average Bonchev–Trinajstić information content (AvgIpc) is 4.04. The van der Waals surface area contributed by atoms with Gasteiger partial charge in [0.25, 0.3) is 0 Å². The largest absolute Gasteiger partial charge is 0.508 e. The first kappa shape index (κ1) is 54.2. The number of aliphatic hydroxyl groups is 2. The SMILES string of the molecule is Cc1ncsc1-c1ccc(CCC(=O)[C@@H]2C[C@@H](O)CN2C(=O)[C@@H](CC(=O)COCCOCCOCCOCCOCCCC[C@@H]2Cc3cc(O)ccc3[C@H]3CC[C@]4(C)[C@@H](O)CC[C@H]4[C@H]23)C(C)(C)C)cc1. The molecule has 4 aliphatic rings. The number of hydrogen-bond acceptors (Lipinski definition) is 13. The predicted octanol–water partition coefficient (Wildman–Crippen LogP) is 8.31. The van der Waals surface area contributed by atoms with Gasteiger partial charge in [0.15, 0.2) is 11.6 Å². The highest BCUT2D eigenvalue weighted by atomic mass is 32.1. The zero-order chi connectivity index (χ0) is 49.8. The number of ketones is 2. The second-order valence-corrected chi connectivity index (χ2v) is 22.6. The topological polar surface area (TPSA) is 174 Å². The summed E-state index contributed by atoms with van der Waals surface area (Å²) < 4.78 is 28.5. The van der Waals surface area contributed by atoms with Crippen molar-refractivity contribution in [1.29, 1.82) is 0 Å². The molecule has 1 saturated heterocycles. The first-order valence-corrected chi connectivity index (χ1v) is 26.9. The van der Waals surface area contributed by atoms with Crippen LogP contribution in [-0.2, 0) is 50.9 Å². The monoisotopic (exact) mass is 989 g/mol. The summed E-state index contributed by atoms with van der Waals surface area (Å²) in [4.78, 5) is 47.6. The number of fused-ring (bicyclic) bond motifs is 5. The Hall–Kier alpha value is -3.60. The number of phenolic OH excluding ortho intramolecular Hbond substituents is 1. The molecule has 2 saturated carbocycles. The van der Waals surface area contributed by atoms with Crippen LogP contribution in [0.5, 0.6) is 5.75 Å². The van der Waals surface area contributed by atoms with E-state index in [4.69, 9.17) is 23.7 Å². The van der Waals surface area contributed by atoms with Gasteiger partial charge < -0.3 is 43.9 Å². The van der Waals surface area contributed by atoms with Gasteiger partial charge in [-0.15, -0.1) is 11.3 Å². The van der Waals surface area contributed by atoms with E-state index >= 15 is 0 Å². The van der Waals surface area contributed by atoms with Gasteiger partial charge >= 0.3 is 0 Å². The van der Waals surface area contributed by atoms with Crippen molar-refractivity contribution in [1.82, 2.24) is 9.88 Å². The third-order valence-electron chi connectivity index (χ3n) is 16.0. The summed E-state index contributed by atoms with van der Waals surface area (Å²) in [5.41, 5.74) is 7.13. The quantitative estimate of drug-likeness (QED) is 0.0625. The van der Waals surface area contributed by atoms with E-state index in [1.807, 2.05) is 69.6 Å². The highest BCUT2D eigenvalue weighted by Gasteiger charge is 2.56. The molecule has 70 heavy (non-hydrogen) atoms. The van der Waals surface area contributed by atoms with Crippen molar-refractivity contribution in [2.45, 2.75) is 136 Å². The minimum Gasteiger partial charge on any atom is -0.508 e. The van der Waals surface area contributed by atoms with Gasteiger partial charge in [-0.1, -0.05) is 64.4 Å². The van der Waals surface area contributed by atoms with E-state index in [9.17, 15) is 29.7 Å². The minimum atomic E-state index is -0.798. The molecule has 14 heteroatoms. The molecular formula is C56H80N2O11S. The Morgan fingerprint density at radius 1 is 0.871 bits per heavy atom. The molecule has 7 rings (SSSR count). The molecule has 0 bridgehead atoms. The number of unbranched alkanes of at least 4 members (excludes halogenated alkanes) is 1. The number of likely N-dealkylation sites (tertiary alicyclic amines) is 1. The smallest absolute Gasteiger partial charge is 0.227 e. The van der Waals surface area contributed by atoms with Crippen LogP contribution in [0.2, 0.25) is 0 Å². The molecule has 3 N–H and O–H groups in total. The van der Waals surface area contributed by atoms with Crippen LogP contribution >= 0.6 is 11.3 Å². The van der Waals surface area contributed by atoms with Crippen LogP contribution in [0.15, 0.2) is 48.0 Å². The lowest BCUT2D eigenvalue weighted by Crippen LogP contribution is -2.47. The molecule has 2 heterocycles. The summed E-state index contributed by atoms with van der Waals surface area (Å²) in [6, 6.07) is 13.4. The van der Waals surface area contributed by atoms with Crippen molar-refractivity contribution >= 4 is 28.8 Å². The average molecular weight is 989 g/mol. The molecule has 0 radical (unpaired) electrons. The summed E-state index contributed by atoms with van der Waals surface area (Å²) in [5.74, 6) is 1.32. The Labute approximate surface area is 420 Å². The molecular weight excluding hydrogens is 909 g/mol. The maximum atomic E-state index is 14.0. The number of carbonyl (C=O) groups excluding carboxylic acids is 3. The zero-order valence-electron chi connectivity index (χ0n) is 42.4. The van der Waals surface area contributed by atoms with Crippen molar-refractivity contribution in [3.05, 3.63) is 70.4 Å². The molecule has 386 valence electrons. The first-order valence-electron chi connectivity index (χ1n) is 26.0. The number of phenols is 1. The van der Waals surface area contributed by atoms with Gasteiger partial charge in [0, 0.05) is 38.3 Å². The van der Waals surface area contributed by atoms with E-state index in [-0.39, 0.29) is 68.0 Å². The van der Waals surface area contributed by atoms with E-state index in [1.165, 1.54) is 16.0 Å². The highest BCUT2D eigenvalue weighted by molar-refractivity contribution is 7.13. The number of Topliss-reactive ketones (excluding diaryl/α,β-unsaturated/α-hetero) is 2. The number of aliphatic hydroxyl groups excluding tert-OH is 2. The van der Waals surface area contributed by atoms with E-state index in [2.05, 4.69) is 18.0 Å². The van der Waals surface area contributed by atoms with E-state index in [0.29, 0.717) is 88.7 Å². The molecule has 1 amide bonds. The number of aryl methyl sites for hydroxylation is 2. The maximum Gasteiger partial charge on any atom is 0.227 e. The number of hydrogen-bond donors (Lipinski definition) is 3. The summed E-state index contributed by atoms with van der Waals surface area (Å²) in [7, 11) is 0. The van der Waals surface area contributed by atoms with Gasteiger partial charge in [0.05, 0.1) is 87.2 Å². The second-order valence-electron chi connectivity index (χ2n) is 21.8. The minimum absolute atomic E-state index is 0.0249. The van der Waals surface area contributed by atoms with Crippen molar-refractivity contribution in [3.63, 3.8) is 0 Å². The standard InChI is InChI=1S/C56H80N2O11S/c1-37-53(70-36-57-37)39-12-9-38(10-13-39)11-17-50(62)49-33-43(60)34-58(49)54(64)48(55(2,3)4)32-44(61)35-69-29-28-68-27-26-67-25-24-66-23-22-65-21-7-6-8-40-30-41-31-42(59)14-15-45(41)46-19-20-56(5)47(52(40)46)16-18-51(56)63/h9-10,12-15,31,36,40,43,46-49,51-52,59-60,63H,6-8,11,16-30,32-35H2,1-5H3/t40-,43-,46-,47+,48-,49+,51+,52-,56+/m1/s1. The molecule has 0 spiro atoms. The summed E-state index contributed by atoms with van der Waals surface area (Å²) in [6.45, 7) is 13.9. The van der Waals surface area contributed by atoms with Crippen LogP contribution in [0.1, 0.15) is 120 Å². The Balaban J connectivity index is 0.700. The Morgan fingerprint density at radius 3 is 2.20 bits per heavy atom. The molecule has 3 aromatic rings. The summed E-state index contributed by atoms with van der Waals surface area (Å²) in [6.07, 6.45) is 8.42. The maximum absolute atomic E-state index is 14.0. The Morgan fingerprint density at radius 2 is 1.54 bits per heavy atom. The van der Waals surface area contributed by atoms with Crippen LogP contribution in [0.25, 0.3) is 10.4 Å². The van der Waals surface area contributed by atoms with Crippen molar-refractivity contribution in [2.75, 3.05) is 72.6 Å². The van der Waals surface area contributed by atoms with E-state index in [1.54, 1.807) is 11.3 Å². The number of aromatic hydroxyl groups is 1. The lowest BCUT2D eigenvalue weighted by molar-refractivity contribution is -0.146. The predicted molar refractivity (Wildman–Crippen MR) is 270 cm³/mol. The highest BCUT2D eigenvalue weighted by Crippen LogP contribution is 2.62. The van der Waals surface area contributed by atoms with Gasteiger partial charge in [0.1, 0.15) is 12.4 Å². The first-order chi connectivity index (χ1) is 33.6. The van der Waals surface area contributed by atoms with E-state index in [0.717, 1.165) is 73.1 Å². The molecule has 0 unspecified atom stereocenters. The summed E-state index contributed by atoms with van der Waals surface area (Å²) in [5, 5.41) is 31.8. The zero-order valence-corrected chi connectivity index (χ0v) is 43.2. The number of nitrogens with zero attached hydrogens (tertiary/aromatic N) is 2. The Kier molecular flexibility index (Phi) is 19.6. The third-order valence-corrected chi connectivity index (χ3v) is 17.0. The number of amides is 1. The van der Waals surface area contributed by atoms with Gasteiger partial charge in [0.2, 0.25) is 5.91 Å². The number of thiazole rings is 1. The van der Waals surface area contributed by atoms with Crippen LogP contribution in [0.4, 0.5) is 0 Å². The van der Waals surface area contributed by atoms with Gasteiger partial charge in [-0.2, -0.15) is 0 Å². The lowest BCUT2D eigenvalue weighted by atomic mass is 9.52. The van der Waals surface area contributed by atoms with E-state index < -0.39 is 23.5 Å². The molecule has 3 fully saturated rings. The fourth-order valence-electron chi connectivity index (χ4n) is 12.2. The number of carbonyl (C=O) groups is 3.